The summed E-state index contributed by atoms with van der Waals surface area (Å²) >= 11 is 8.03. The first kappa shape index (κ1) is 33.8. The van der Waals surface area contributed by atoms with E-state index >= 15 is 0 Å². The summed E-state index contributed by atoms with van der Waals surface area (Å²) in [6.45, 7) is 24.0. The number of halogens is 1. The molecule has 8 aromatic rings. The van der Waals surface area contributed by atoms with E-state index in [1.165, 1.54) is 0 Å². The Balaban J connectivity index is 1.60. The molecule has 0 aliphatic heterocycles. The topological polar surface area (TPSA) is 11.4 Å². The van der Waals surface area contributed by atoms with Crippen molar-refractivity contribution in [2.45, 2.75) is 105 Å². The highest BCUT2D eigenvalue weighted by Gasteiger charge is 2.27. The van der Waals surface area contributed by atoms with Crippen molar-refractivity contribution < 1.29 is 11.0 Å². The van der Waals surface area contributed by atoms with Gasteiger partial charge in [0, 0.05) is 33.5 Å². The molecule has 0 atom stereocenters. The monoisotopic (exact) mass is 844 g/mol. The predicted molar refractivity (Wildman–Crippen MR) is 270 cm³/mol. The minimum Gasteiger partial charge on any atom is -0.309 e. The fourth-order valence-electron chi connectivity index (χ4n) is 7.82. The van der Waals surface area contributed by atoms with Crippen LogP contribution in [-0.4, -0.2) is 4.57 Å². The third-order valence-electron chi connectivity index (χ3n) is 11.5. The quantitative estimate of drug-likeness (QED) is 0.158. The van der Waals surface area contributed by atoms with Crippen molar-refractivity contribution in [2.75, 3.05) is 9.80 Å². The zero-order valence-corrected chi connectivity index (χ0v) is 38.9. The van der Waals surface area contributed by atoms with Gasteiger partial charge >= 0.3 is 0 Å². The van der Waals surface area contributed by atoms with Crippen molar-refractivity contribution in [1.29, 1.82) is 0 Å². The maximum absolute atomic E-state index is 9.77. The second-order valence-corrected chi connectivity index (χ2v) is 20.8. The number of para-hydroxylation sites is 2. The summed E-state index contributed by atoms with van der Waals surface area (Å²) in [5.74, 6) is 0. The van der Waals surface area contributed by atoms with E-state index in [9.17, 15) is 11.0 Å². The lowest BCUT2D eigenvalue weighted by Gasteiger charge is -2.33. The van der Waals surface area contributed by atoms with Crippen LogP contribution in [0, 0.1) is 0 Å². The van der Waals surface area contributed by atoms with Crippen LogP contribution in [0.2, 0.25) is 5.02 Å². The molecule has 3 nitrogen and oxygen atoms in total. The number of rotatable bonds is 7. The number of anilines is 6. The molecule has 0 amide bonds. The van der Waals surface area contributed by atoms with Crippen LogP contribution in [0.4, 0.5) is 34.1 Å². The molecule has 1 heterocycles. The maximum atomic E-state index is 9.77. The van der Waals surface area contributed by atoms with E-state index in [1.807, 2.05) is 139 Å². The lowest BCUT2D eigenvalue weighted by molar-refractivity contribution is 0.590. The van der Waals surface area contributed by atoms with E-state index in [1.54, 1.807) is 9.80 Å². The standard InChI is InChI=1S/C58H62ClN3/c1-55(2,3)39-21-29-43(30-22-39)60(44-31-23-40(24-32-44)56(4,5)6)52-37-47(62-50-19-15-13-17-48(50)49-18-14-16-20-51(49)62)38-53(54(52)59)61(45-33-25-41(26-34-45)57(7,8)9)46-35-27-42(28-36-46)58(10,11)12/h13-38H,1-12H3/i21D,22D,25D,26D,29D,30D,33D,34D. The van der Waals surface area contributed by atoms with Crippen LogP contribution in [0.1, 0.15) is 116 Å². The van der Waals surface area contributed by atoms with Crippen molar-refractivity contribution in [3.63, 3.8) is 0 Å². The minimum atomic E-state index is -0.723. The molecule has 0 unspecified atom stereocenters. The number of hydrogen-bond donors (Lipinski definition) is 0. The van der Waals surface area contributed by atoms with Crippen LogP contribution in [0.25, 0.3) is 27.5 Å². The van der Waals surface area contributed by atoms with Crippen molar-refractivity contribution in [3.8, 4) is 5.69 Å². The molecule has 4 heteroatoms. The van der Waals surface area contributed by atoms with Crippen molar-refractivity contribution in [2.24, 2.45) is 0 Å². The van der Waals surface area contributed by atoms with Gasteiger partial charge in [-0.25, -0.2) is 0 Å². The molecule has 0 N–H and O–H groups in total. The Morgan fingerprint density at radius 3 is 1.05 bits per heavy atom. The molecular weight excluding hydrogens is 774 g/mol. The molecule has 0 radical (unpaired) electrons. The van der Waals surface area contributed by atoms with Crippen LogP contribution in [0.15, 0.2) is 158 Å². The Morgan fingerprint density at radius 2 is 0.726 bits per heavy atom. The minimum absolute atomic E-state index is 0.0152. The largest absolute Gasteiger partial charge is 0.309 e. The first-order valence-corrected chi connectivity index (χ1v) is 21.8. The van der Waals surface area contributed by atoms with Gasteiger partial charge in [-0.3, -0.25) is 0 Å². The zero-order valence-electron chi connectivity index (χ0n) is 46.1. The van der Waals surface area contributed by atoms with Gasteiger partial charge in [-0.05, 0) is 117 Å². The highest BCUT2D eigenvalue weighted by molar-refractivity contribution is 6.37. The van der Waals surface area contributed by atoms with E-state index in [0.29, 0.717) is 28.4 Å². The summed E-state index contributed by atoms with van der Waals surface area (Å²) in [6.07, 6.45) is 0. The molecule has 316 valence electrons. The maximum Gasteiger partial charge on any atom is 0.0888 e. The van der Waals surface area contributed by atoms with Gasteiger partial charge in [-0.1, -0.05) is 180 Å². The summed E-state index contributed by atoms with van der Waals surface area (Å²) in [6, 6.07) is 33.9. The molecule has 62 heavy (non-hydrogen) atoms. The summed E-state index contributed by atoms with van der Waals surface area (Å²) in [7, 11) is 0. The lowest BCUT2D eigenvalue weighted by atomic mass is 9.86. The third kappa shape index (κ3) is 8.28. The Bertz CT molecular complexity index is 3070. The number of fused-ring (bicyclic) bond motifs is 3. The van der Waals surface area contributed by atoms with Gasteiger partial charge in [0.2, 0.25) is 0 Å². The molecule has 1 aromatic heterocycles. The normalized spacial score (nSPS) is 14.4. The second-order valence-electron chi connectivity index (χ2n) is 20.4. The van der Waals surface area contributed by atoms with Crippen LogP contribution < -0.4 is 9.80 Å². The SMILES string of the molecule is [2H]c1c([2H])c(C(C)(C)C)c([2H])c([2H])c1N(c1ccc(C(C)(C)C)cc1)c1cc(-n2c3ccccc3c3ccccc32)cc(N(c2ccc(C(C)(C)C)cc2)c2c([2H])c([2H])c(C(C)(C)C)c([2H])c2[2H])c1Cl. The first-order chi connectivity index (χ1) is 32.5. The fourth-order valence-corrected chi connectivity index (χ4v) is 8.10. The number of aromatic nitrogens is 1. The van der Waals surface area contributed by atoms with Gasteiger partial charge in [-0.2, -0.15) is 0 Å². The predicted octanol–water partition coefficient (Wildman–Crippen LogP) is 17.6. The molecule has 0 aliphatic rings. The molecular formula is C58H62ClN3. The zero-order chi connectivity index (χ0) is 51.3. The van der Waals surface area contributed by atoms with Crippen molar-refractivity contribution in [3.05, 3.63) is 185 Å². The van der Waals surface area contributed by atoms with Crippen LogP contribution >= 0.6 is 11.6 Å². The number of hydrogen-bond acceptors (Lipinski definition) is 2. The Morgan fingerprint density at radius 1 is 0.403 bits per heavy atom. The van der Waals surface area contributed by atoms with Gasteiger partial charge in [0.25, 0.3) is 0 Å². The van der Waals surface area contributed by atoms with Crippen LogP contribution in [0.5, 0.6) is 0 Å². The highest BCUT2D eigenvalue weighted by Crippen LogP contribution is 2.50. The van der Waals surface area contributed by atoms with Gasteiger partial charge in [-0.15, -0.1) is 0 Å². The fraction of sp³-hybridized carbons (Fsp3) is 0.276. The van der Waals surface area contributed by atoms with Gasteiger partial charge in [0.1, 0.15) is 0 Å². The molecule has 0 spiro atoms. The van der Waals surface area contributed by atoms with E-state index in [2.05, 4.69) is 58.2 Å². The van der Waals surface area contributed by atoms with Gasteiger partial charge in [0.05, 0.1) is 44.1 Å². The molecule has 0 bridgehead atoms. The van der Waals surface area contributed by atoms with Crippen LogP contribution in [-0.2, 0) is 21.7 Å². The summed E-state index contributed by atoms with van der Waals surface area (Å²) in [5.41, 5.74) is 4.71. The molecule has 0 saturated heterocycles. The Hall–Kier alpha value is -5.77. The molecule has 7 aromatic carbocycles. The Kier molecular flexibility index (Phi) is 8.64. The summed E-state index contributed by atoms with van der Waals surface area (Å²) < 4.78 is 79.0. The molecule has 0 saturated carbocycles. The van der Waals surface area contributed by atoms with Crippen LogP contribution in [0.3, 0.4) is 0 Å². The smallest absolute Gasteiger partial charge is 0.0888 e. The highest BCUT2D eigenvalue weighted by atomic mass is 35.5. The van der Waals surface area contributed by atoms with Gasteiger partial charge in [0.15, 0.2) is 0 Å². The first-order valence-electron chi connectivity index (χ1n) is 25.4. The van der Waals surface area contributed by atoms with E-state index in [0.717, 1.165) is 32.9 Å². The molecule has 0 aliphatic carbocycles. The molecule has 8 rings (SSSR count). The van der Waals surface area contributed by atoms with E-state index < -0.39 is 10.8 Å². The van der Waals surface area contributed by atoms with Gasteiger partial charge < -0.3 is 14.4 Å². The third-order valence-corrected chi connectivity index (χ3v) is 11.9. The summed E-state index contributed by atoms with van der Waals surface area (Å²) in [4.78, 5) is 3.39. The number of benzene rings is 7. The summed E-state index contributed by atoms with van der Waals surface area (Å²) in [5, 5.41) is 2.09. The second kappa shape index (κ2) is 15.9. The average molecular weight is 845 g/mol. The Labute approximate surface area is 386 Å². The van der Waals surface area contributed by atoms with E-state index in [4.69, 9.17) is 11.6 Å². The molecule has 0 fully saturated rings. The van der Waals surface area contributed by atoms with E-state index in [-0.39, 0.29) is 86.7 Å². The van der Waals surface area contributed by atoms with Crippen molar-refractivity contribution in [1.82, 2.24) is 4.57 Å². The average Bonchev–Trinajstić information content (AvgIpc) is 3.61. The number of nitrogens with zero attached hydrogens (tertiary/aromatic N) is 3. The van der Waals surface area contributed by atoms with Crippen molar-refractivity contribution >= 4 is 67.5 Å². The lowest BCUT2D eigenvalue weighted by Crippen LogP contribution is -2.17.